The first kappa shape index (κ1) is 14.3. The maximum Gasteiger partial charge on any atom is 0.229 e. The number of carbonyl (C=O) groups excluding carboxylic acids is 1. The zero-order valence-electron chi connectivity index (χ0n) is 10.5. The molecule has 104 valence electrons. The second-order valence-electron chi connectivity index (χ2n) is 4.65. The van der Waals surface area contributed by atoms with Crippen molar-refractivity contribution in [2.24, 2.45) is 5.92 Å². The molecule has 0 aromatic heterocycles. The summed E-state index contributed by atoms with van der Waals surface area (Å²) in [6, 6.07) is 6.82. The minimum Gasteiger partial charge on any atom is -0.312 e. The lowest BCUT2D eigenvalue weighted by Gasteiger charge is -2.17. The minimum absolute atomic E-state index is 0.105. The number of sulfonamides is 1. The van der Waals surface area contributed by atoms with Gasteiger partial charge in [-0.1, -0.05) is 15.9 Å². The molecule has 1 aromatic carbocycles. The molecule has 1 heterocycles. The van der Waals surface area contributed by atoms with Gasteiger partial charge in [-0.25, -0.2) is 8.42 Å². The summed E-state index contributed by atoms with van der Waals surface area (Å²) in [7, 11) is -3.27. The molecule has 0 spiro atoms. The Kier molecular flexibility index (Phi) is 4.15. The van der Waals surface area contributed by atoms with Crippen LogP contribution in [-0.2, 0) is 14.8 Å². The fourth-order valence-electron chi connectivity index (χ4n) is 2.06. The zero-order valence-corrected chi connectivity index (χ0v) is 12.9. The molecular formula is C12H15BrN2O3S. The molecule has 1 saturated heterocycles. The first-order chi connectivity index (χ1) is 8.89. The highest BCUT2D eigenvalue weighted by molar-refractivity contribution is 9.09. The van der Waals surface area contributed by atoms with Crippen molar-refractivity contribution in [2.75, 3.05) is 27.8 Å². The van der Waals surface area contributed by atoms with Gasteiger partial charge in [0.15, 0.2) is 0 Å². The summed E-state index contributed by atoms with van der Waals surface area (Å²) in [4.78, 5) is 13.6. The molecule has 2 rings (SSSR count). The smallest absolute Gasteiger partial charge is 0.229 e. The Balaban J connectivity index is 2.13. The third-order valence-corrected chi connectivity index (χ3v) is 4.43. The van der Waals surface area contributed by atoms with Crippen LogP contribution >= 0.6 is 15.9 Å². The van der Waals surface area contributed by atoms with Crippen LogP contribution < -0.4 is 9.62 Å². The minimum atomic E-state index is -3.27. The van der Waals surface area contributed by atoms with Crippen molar-refractivity contribution in [3.63, 3.8) is 0 Å². The van der Waals surface area contributed by atoms with Crippen molar-refractivity contribution >= 4 is 43.2 Å². The summed E-state index contributed by atoms with van der Waals surface area (Å²) >= 11 is 3.39. The molecule has 1 aromatic rings. The number of nitrogens with zero attached hydrogens (tertiary/aromatic N) is 1. The van der Waals surface area contributed by atoms with Gasteiger partial charge in [-0.05, 0) is 30.2 Å². The summed E-state index contributed by atoms with van der Waals surface area (Å²) in [5.74, 6) is 0.439. The lowest BCUT2D eigenvalue weighted by atomic mass is 10.2. The Bertz CT molecular complexity index is 571. The molecule has 0 saturated carbocycles. The number of hydrogen-bond acceptors (Lipinski definition) is 3. The van der Waals surface area contributed by atoms with E-state index in [1.165, 1.54) is 0 Å². The largest absolute Gasteiger partial charge is 0.312 e. The van der Waals surface area contributed by atoms with E-state index in [4.69, 9.17) is 0 Å². The molecule has 1 N–H and O–H groups in total. The van der Waals surface area contributed by atoms with Crippen LogP contribution in [0.4, 0.5) is 11.4 Å². The summed E-state index contributed by atoms with van der Waals surface area (Å²) in [5.41, 5.74) is 1.29. The fourth-order valence-corrected chi connectivity index (χ4v) is 3.06. The van der Waals surface area contributed by atoms with Gasteiger partial charge in [-0.3, -0.25) is 9.52 Å². The van der Waals surface area contributed by atoms with Crippen LogP contribution in [0.2, 0.25) is 0 Å². The molecule has 1 atom stereocenters. The van der Waals surface area contributed by atoms with Gasteiger partial charge >= 0.3 is 0 Å². The lowest BCUT2D eigenvalue weighted by molar-refractivity contribution is -0.117. The maximum atomic E-state index is 11.9. The molecule has 0 radical (unpaired) electrons. The third-order valence-electron chi connectivity index (χ3n) is 2.91. The molecule has 1 aliphatic rings. The van der Waals surface area contributed by atoms with Crippen molar-refractivity contribution in [3.05, 3.63) is 24.3 Å². The summed E-state index contributed by atoms with van der Waals surface area (Å²) in [5, 5.41) is 0.808. The molecule has 1 unspecified atom stereocenters. The van der Waals surface area contributed by atoms with E-state index in [1.54, 1.807) is 29.2 Å². The number of carbonyl (C=O) groups is 1. The first-order valence-electron chi connectivity index (χ1n) is 5.83. The van der Waals surface area contributed by atoms with Crippen LogP contribution in [-0.4, -0.2) is 32.5 Å². The van der Waals surface area contributed by atoms with Crippen LogP contribution in [0.1, 0.15) is 6.42 Å². The van der Waals surface area contributed by atoms with Gasteiger partial charge in [0.05, 0.1) is 6.26 Å². The van der Waals surface area contributed by atoms with Crippen molar-refractivity contribution in [2.45, 2.75) is 6.42 Å². The summed E-state index contributed by atoms with van der Waals surface area (Å²) in [6.07, 6.45) is 1.65. The van der Waals surface area contributed by atoms with E-state index in [9.17, 15) is 13.2 Å². The maximum absolute atomic E-state index is 11.9. The van der Waals surface area contributed by atoms with Crippen LogP contribution in [0.3, 0.4) is 0 Å². The van der Waals surface area contributed by atoms with Gasteiger partial charge in [0.1, 0.15) is 0 Å². The van der Waals surface area contributed by atoms with Crippen molar-refractivity contribution in [1.82, 2.24) is 0 Å². The second-order valence-corrected chi connectivity index (χ2v) is 7.05. The van der Waals surface area contributed by atoms with Crippen LogP contribution in [0.5, 0.6) is 0 Å². The molecule has 1 aliphatic heterocycles. The molecule has 19 heavy (non-hydrogen) atoms. The number of hydrogen-bond donors (Lipinski definition) is 1. The normalized spacial score (nSPS) is 19.8. The molecule has 1 fully saturated rings. The van der Waals surface area contributed by atoms with Gasteiger partial charge in [0, 0.05) is 29.7 Å². The van der Waals surface area contributed by atoms with Crippen LogP contribution in [0.25, 0.3) is 0 Å². The number of anilines is 2. The molecule has 5 nitrogen and oxygen atoms in total. The van der Waals surface area contributed by atoms with Gasteiger partial charge in [0.25, 0.3) is 0 Å². The highest BCUT2D eigenvalue weighted by Crippen LogP contribution is 2.27. The Morgan fingerprint density at radius 3 is 2.47 bits per heavy atom. The second kappa shape index (κ2) is 5.50. The standard InChI is InChI=1S/C12H15BrN2O3S/c1-19(17,18)14-10-2-4-11(5-3-10)15-8-9(7-13)6-12(15)16/h2-5,9,14H,6-8H2,1H3. The zero-order chi connectivity index (χ0) is 14.0. The van der Waals surface area contributed by atoms with Crippen molar-refractivity contribution in [3.8, 4) is 0 Å². The van der Waals surface area contributed by atoms with Gasteiger partial charge in [-0.15, -0.1) is 0 Å². The number of halogens is 1. The van der Waals surface area contributed by atoms with E-state index in [1.807, 2.05) is 0 Å². The number of benzene rings is 1. The molecule has 0 aliphatic carbocycles. The summed E-state index contributed by atoms with van der Waals surface area (Å²) < 4.78 is 24.6. The van der Waals surface area contributed by atoms with Gasteiger partial charge in [0.2, 0.25) is 15.9 Å². The SMILES string of the molecule is CS(=O)(=O)Nc1ccc(N2CC(CBr)CC2=O)cc1. The number of rotatable bonds is 4. The number of amides is 1. The van der Waals surface area contributed by atoms with E-state index in [2.05, 4.69) is 20.7 Å². The van der Waals surface area contributed by atoms with Gasteiger partial charge in [-0.2, -0.15) is 0 Å². The van der Waals surface area contributed by atoms with E-state index < -0.39 is 10.0 Å². The summed E-state index contributed by atoms with van der Waals surface area (Å²) in [6.45, 7) is 0.697. The molecule has 0 bridgehead atoms. The topological polar surface area (TPSA) is 66.5 Å². The molecular weight excluding hydrogens is 332 g/mol. The van der Waals surface area contributed by atoms with E-state index in [-0.39, 0.29) is 5.91 Å². The Morgan fingerprint density at radius 2 is 2.00 bits per heavy atom. The predicted octanol–water partition coefficient (Wildman–Crippen LogP) is 1.81. The molecule has 7 heteroatoms. The van der Waals surface area contributed by atoms with Crippen molar-refractivity contribution in [1.29, 1.82) is 0 Å². The Hall–Kier alpha value is -1.08. The van der Waals surface area contributed by atoms with E-state index in [0.717, 1.165) is 17.3 Å². The lowest BCUT2D eigenvalue weighted by Crippen LogP contribution is -2.24. The molecule has 1 amide bonds. The van der Waals surface area contributed by atoms with Gasteiger partial charge < -0.3 is 4.90 Å². The quantitative estimate of drug-likeness (QED) is 0.845. The average Bonchev–Trinajstić information content (AvgIpc) is 2.70. The monoisotopic (exact) mass is 346 g/mol. The third kappa shape index (κ3) is 3.70. The fraction of sp³-hybridized carbons (Fsp3) is 0.417. The van der Waals surface area contributed by atoms with Crippen molar-refractivity contribution < 1.29 is 13.2 Å². The first-order valence-corrected chi connectivity index (χ1v) is 8.84. The number of nitrogens with one attached hydrogen (secondary N) is 1. The Morgan fingerprint density at radius 1 is 1.37 bits per heavy atom. The average molecular weight is 347 g/mol. The predicted molar refractivity (Wildman–Crippen MR) is 79.2 cm³/mol. The highest BCUT2D eigenvalue weighted by atomic mass is 79.9. The van der Waals surface area contributed by atoms with Crippen LogP contribution in [0.15, 0.2) is 24.3 Å². The van der Waals surface area contributed by atoms with E-state index in [0.29, 0.717) is 24.6 Å². The van der Waals surface area contributed by atoms with Crippen LogP contribution in [0, 0.1) is 5.92 Å². The highest BCUT2D eigenvalue weighted by Gasteiger charge is 2.29. The Labute approximate surface area is 121 Å². The number of alkyl halides is 1. The van der Waals surface area contributed by atoms with E-state index >= 15 is 0 Å².